The summed E-state index contributed by atoms with van der Waals surface area (Å²) in [6.45, 7) is 7.59. The summed E-state index contributed by atoms with van der Waals surface area (Å²) in [5, 5.41) is 0. The summed E-state index contributed by atoms with van der Waals surface area (Å²) in [6.07, 6.45) is 31.6. The van der Waals surface area contributed by atoms with Crippen LogP contribution in [0.1, 0.15) is 48.9 Å². The lowest BCUT2D eigenvalue weighted by molar-refractivity contribution is 0.660. The van der Waals surface area contributed by atoms with Crippen LogP contribution in [0.25, 0.3) is 17.2 Å². The predicted molar refractivity (Wildman–Crippen MR) is 202 cm³/mol. The van der Waals surface area contributed by atoms with Crippen molar-refractivity contribution in [2.45, 2.75) is 39.0 Å². The first-order valence-electron chi connectivity index (χ1n) is 16.2. The van der Waals surface area contributed by atoms with Crippen LogP contribution in [0.5, 0.6) is 0 Å². The molecule has 0 saturated carbocycles. The minimum Gasteiger partial charge on any atom is -0.337 e. The lowest BCUT2D eigenvalue weighted by atomic mass is 9.81. The normalized spacial score (nSPS) is 14.5. The van der Waals surface area contributed by atoms with Crippen molar-refractivity contribution in [3.63, 3.8) is 0 Å². The van der Waals surface area contributed by atoms with E-state index in [1.807, 2.05) is 18.2 Å². The van der Waals surface area contributed by atoms with E-state index in [-0.39, 0.29) is 5.41 Å². The first kappa shape index (κ1) is 31.3. The fourth-order valence-corrected chi connectivity index (χ4v) is 6.88. The van der Waals surface area contributed by atoms with Gasteiger partial charge in [0.05, 0.1) is 0 Å². The quantitative estimate of drug-likeness (QED) is 0.138. The number of allylic oxidation sites excluding steroid dienone is 8. The van der Waals surface area contributed by atoms with Gasteiger partial charge in [0.15, 0.2) is 0 Å². The van der Waals surface area contributed by atoms with Crippen LogP contribution in [0.15, 0.2) is 139 Å². The zero-order valence-electron chi connectivity index (χ0n) is 27.4. The third-order valence-corrected chi connectivity index (χ3v) is 9.21. The summed E-state index contributed by atoms with van der Waals surface area (Å²) in [4.78, 5) is 4.78. The molecule has 0 aromatic heterocycles. The number of anilines is 4. The second kappa shape index (κ2) is 13.7. The molecule has 0 atom stereocenters. The number of fused-ring (bicyclic) bond motifs is 3. The van der Waals surface area contributed by atoms with E-state index in [0.717, 1.165) is 29.8 Å². The zero-order chi connectivity index (χ0) is 32.8. The van der Waals surface area contributed by atoms with Gasteiger partial charge in [-0.25, -0.2) is 0 Å². The first-order valence-corrected chi connectivity index (χ1v) is 16.2. The highest BCUT2D eigenvalue weighted by molar-refractivity contribution is 5.93. The second-order valence-corrected chi connectivity index (χ2v) is 12.4. The molecule has 0 spiro atoms. The van der Waals surface area contributed by atoms with Crippen LogP contribution >= 0.6 is 0 Å². The number of para-hydroxylation sites is 2. The SMILES string of the molecule is C#C/C=C\C=C/CN(c1ccccc1)c1cc2c(c(/C=C\C#C)c1C)-c1ccc(N(C3=CC=CCC3)c3ccccc3)cc1C2(C)C. The smallest absolute Gasteiger partial charge is 0.0461 e. The Labute approximate surface area is 280 Å². The van der Waals surface area contributed by atoms with Crippen LogP contribution in [0.2, 0.25) is 0 Å². The third kappa shape index (κ3) is 6.12. The van der Waals surface area contributed by atoms with Crippen molar-refractivity contribution < 1.29 is 0 Å². The molecular weight excluding hydrogens is 569 g/mol. The molecule has 230 valence electrons. The van der Waals surface area contributed by atoms with Gasteiger partial charge >= 0.3 is 0 Å². The largest absolute Gasteiger partial charge is 0.337 e. The zero-order valence-corrected chi connectivity index (χ0v) is 27.4. The topological polar surface area (TPSA) is 6.48 Å². The van der Waals surface area contributed by atoms with E-state index in [1.165, 1.54) is 44.9 Å². The molecule has 0 amide bonds. The summed E-state index contributed by atoms with van der Waals surface area (Å²) in [5.41, 5.74) is 13.1. The van der Waals surface area contributed by atoms with Crippen LogP contribution < -0.4 is 9.80 Å². The number of rotatable bonds is 9. The Morgan fingerprint density at radius 2 is 1.53 bits per heavy atom. The van der Waals surface area contributed by atoms with E-state index in [9.17, 15) is 0 Å². The molecule has 0 radical (unpaired) electrons. The van der Waals surface area contributed by atoms with Gasteiger partial charge in [0.25, 0.3) is 0 Å². The molecule has 0 aliphatic heterocycles. The van der Waals surface area contributed by atoms with Crippen LogP contribution in [-0.4, -0.2) is 6.54 Å². The van der Waals surface area contributed by atoms with Gasteiger partial charge in [-0.3, -0.25) is 0 Å². The molecule has 0 bridgehead atoms. The summed E-state index contributed by atoms with van der Waals surface area (Å²) in [7, 11) is 0. The van der Waals surface area contributed by atoms with Crippen molar-refractivity contribution >= 4 is 28.8 Å². The maximum absolute atomic E-state index is 5.80. The first-order chi connectivity index (χ1) is 23.0. The van der Waals surface area contributed by atoms with Crippen molar-refractivity contribution in [3.8, 4) is 35.8 Å². The van der Waals surface area contributed by atoms with E-state index in [4.69, 9.17) is 12.8 Å². The van der Waals surface area contributed by atoms with Gasteiger partial charge < -0.3 is 9.80 Å². The number of hydrogen-bond acceptors (Lipinski definition) is 2. The molecule has 0 saturated heterocycles. The minimum atomic E-state index is -0.251. The molecule has 4 aromatic rings. The standard InChI is InChI=1S/C45H40N2/c1-6-8-10-11-21-31-46(35-22-15-12-16-23-35)43-33-42-44(39(34(43)3)28-9-7-2)40-30-29-38(32-41(40)45(42,4)5)47(36-24-17-13-18-25-36)37-26-19-14-20-27-37/h1-2,8-19,21-26,28-30,32-33H,20,27,31H2,3-5H3/b10-8-,21-11-,28-9-. The highest BCUT2D eigenvalue weighted by Crippen LogP contribution is 2.54. The van der Waals surface area contributed by atoms with Gasteiger partial charge in [-0.15, -0.1) is 12.8 Å². The fourth-order valence-electron chi connectivity index (χ4n) is 6.88. The van der Waals surface area contributed by atoms with E-state index in [1.54, 1.807) is 6.08 Å². The molecule has 2 nitrogen and oxygen atoms in total. The summed E-state index contributed by atoms with van der Waals surface area (Å²) < 4.78 is 0. The second-order valence-electron chi connectivity index (χ2n) is 12.4. The van der Waals surface area contributed by atoms with Gasteiger partial charge in [0, 0.05) is 40.4 Å². The molecule has 0 heterocycles. The van der Waals surface area contributed by atoms with Crippen molar-refractivity contribution in [2.24, 2.45) is 0 Å². The average Bonchev–Trinajstić information content (AvgIpc) is 3.32. The third-order valence-electron chi connectivity index (χ3n) is 9.21. The van der Waals surface area contributed by atoms with Gasteiger partial charge in [-0.1, -0.05) is 98.5 Å². The summed E-state index contributed by atoms with van der Waals surface area (Å²) in [5.74, 6) is 5.31. The predicted octanol–water partition coefficient (Wildman–Crippen LogP) is 11.2. The fraction of sp³-hybridized carbons (Fsp3) is 0.156. The van der Waals surface area contributed by atoms with Crippen molar-refractivity contribution in [3.05, 3.63) is 161 Å². The van der Waals surface area contributed by atoms with E-state index in [2.05, 4.69) is 158 Å². The van der Waals surface area contributed by atoms with E-state index in [0.29, 0.717) is 6.54 Å². The Bertz CT molecular complexity index is 2000. The Balaban J connectivity index is 1.53. The molecule has 2 heteroatoms. The lowest BCUT2D eigenvalue weighted by Crippen LogP contribution is -2.21. The van der Waals surface area contributed by atoms with E-state index < -0.39 is 0 Å². The van der Waals surface area contributed by atoms with Crippen LogP contribution in [-0.2, 0) is 5.41 Å². The highest BCUT2D eigenvalue weighted by Gasteiger charge is 2.39. The number of nitrogens with zero attached hydrogens (tertiary/aromatic N) is 2. The highest BCUT2D eigenvalue weighted by atomic mass is 15.1. The monoisotopic (exact) mass is 608 g/mol. The number of hydrogen-bond donors (Lipinski definition) is 0. The van der Waals surface area contributed by atoms with Crippen molar-refractivity contribution in [2.75, 3.05) is 16.3 Å². The molecule has 4 aromatic carbocycles. The molecule has 2 aliphatic carbocycles. The molecule has 0 N–H and O–H groups in total. The number of terminal acetylenes is 2. The molecular formula is C45H40N2. The molecule has 0 fully saturated rings. The van der Waals surface area contributed by atoms with E-state index >= 15 is 0 Å². The van der Waals surface area contributed by atoms with Crippen LogP contribution in [0.4, 0.5) is 22.7 Å². The summed E-state index contributed by atoms with van der Waals surface area (Å²) in [6, 6.07) is 30.6. The lowest BCUT2D eigenvalue weighted by Gasteiger charge is -2.31. The van der Waals surface area contributed by atoms with Crippen LogP contribution in [0.3, 0.4) is 0 Å². The molecule has 0 unspecified atom stereocenters. The Morgan fingerprint density at radius 1 is 0.809 bits per heavy atom. The van der Waals surface area contributed by atoms with Crippen molar-refractivity contribution in [1.82, 2.24) is 0 Å². The van der Waals surface area contributed by atoms with Crippen molar-refractivity contribution in [1.29, 1.82) is 0 Å². The van der Waals surface area contributed by atoms with Gasteiger partial charge in [-0.05, 0) is 120 Å². The maximum Gasteiger partial charge on any atom is 0.0461 e. The molecule has 6 rings (SSSR count). The Hall–Kier alpha value is -5.70. The average molecular weight is 609 g/mol. The molecule has 47 heavy (non-hydrogen) atoms. The summed E-state index contributed by atoms with van der Waals surface area (Å²) >= 11 is 0. The number of benzene rings is 4. The van der Waals surface area contributed by atoms with Crippen LogP contribution in [0, 0.1) is 31.6 Å². The minimum absolute atomic E-state index is 0.251. The van der Waals surface area contributed by atoms with Gasteiger partial charge in [0.2, 0.25) is 0 Å². The molecule has 2 aliphatic rings. The maximum atomic E-state index is 5.80. The van der Waals surface area contributed by atoms with Gasteiger partial charge in [-0.2, -0.15) is 0 Å². The Morgan fingerprint density at radius 3 is 2.21 bits per heavy atom. The van der Waals surface area contributed by atoms with Gasteiger partial charge in [0.1, 0.15) is 0 Å². The Kier molecular flexibility index (Phi) is 9.15.